The Kier molecular flexibility index (Phi) is 7.01. The molecule has 1 rings (SSSR count). The van der Waals surface area contributed by atoms with E-state index in [1.54, 1.807) is 7.11 Å². The number of nitrogens with zero attached hydrogens (tertiary/aromatic N) is 1. The summed E-state index contributed by atoms with van der Waals surface area (Å²) in [7, 11) is 1.79. The molecule has 16 heavy (non-hydrogen) atoms. The molecule has 1 heterocycles. The van der Waals surface area contributed by atoms with Crippen LogP contribution in [-0.4, -0.2) is 51.0 Å². The first-order chi connectivity index (χ1) is 7.72. The second-order valence-electron chi connectivity index (χ2n) is 4.99. The van der Waals surface area contributed by atoms with Gasteiger partial charge in [0.1, 0.15) is 0 Å². The molecule has 1 aliphatic heterocycles. The molecule has 0 bridgehead atoms. The zero-order valence-electron chi connectivity index (χ0n) is 11.1. The molecular formula is C13H27NO2. The predicted octanol–water partition coefficient (Wildman–Crippen LogP) is 2.16. The zero-order chi connectivity index (χ0) is 11.8. The van der Waals surface area contributed by atoms with E-state index in [2.05, 4.69) is 18.7 Å². The molecule has 0 aromatic heterocycles. The summed E-state index contributed by atoms with van der Waals surface area (Å²) >= 11 is 0. The highest BCUT2D eigenvalue weighted by atomic mass is 16.5. The minimum atomic E-state index is 0.360. The Morgan fingerprint density at radius 1 is 1.19 bits per heavy atom. The van der Waals surface area contributed by atoms with E-state index in [0.717, 1.165) is 25.7 Å². The van der Waals surface area contributed by atoms with Crippen LogP contribution in [0.2, 0.25) is 0 Å². The fourth-order valence-electron chi connectivity index (χ4n) is 2.20. The average molecular weight is 229 g/mol. The fraction of sp³-hybridized carbons (Fsp3) is 1.00. The van der Waals surface area contributed by atoms with Crippen LogP contribution in [0.3, 0.4) is 0 Å². The van der Waals surface area contributed by atoms with Crippen molar-refractivity contribution in [2.45, 2.75) is 39.2 Å². The molecule has 3 heteroatoms. The number of hydrogen-bond acceptors (Lipinski definition) is 3. The molecule has 1 fully saturated rings. The van der Waals surface area contributed by atoms with Crippen molar-refractivity contribution in [2.75, 3.05) is 40.0 Å². The highest BCUT2D eigenvalue weighted by Crippen LogP contribution is 2.20. The highest BCUT2D eigenvalue weighted by Gasteiger charge is 2.18. The van der Waals surface area contributed by atoms with E-state index in [9.17, 15) is 0 Å². The Labute approximate surface area is 100 Å². The van der Waals surface area contributed by atoms with Crippen molar-refractivity contribution in [3.05, 3.63) is 0 Å². The summed E-state index contributed by atoms with van der Waals surface area (Å²) in [6.07, 6.45) is 4.24. The lowest BCUT2D eigenvalue weighted by atomic mass is 9.94. The SMILES string of the molecule is COCCC1CCN(CCOC(C)C)CC1. The van der Waals surface area contributed by atoms with E-state index in [4.69, 9.17) is 9.47 Å². The molecule has 96 valence electrons. The van der Waals surface area contributed by atoms with Crippen molar-refractivity contribution in [3.63, 3.8) is 0 Å². The lowest BCUT2D eigenvalue weighted by Crippen LogP contribution is -2.36. The van der Waals surface area contributed by atoms with E-state index in [-0.39, 0.29) is 0 Å². The van der Waals surface area contributed by atoms with Crippen molar-refractivity contribution in [2.24, 2.45) is 5.92 Å². The van der Waals surface area contributed by atoms with Crippen molar-refractivity contribution in [1.82, 2.24) is 4.90 Å². The molecule has 1 aliphatic rings. The van der Waals surface area contributed by atoms with Crippen LogP contribution in [0.25, 0.3) is 0 Å². The summed E-state index contributed by atoms with van der Waals surface area (Å²) in [5.74, 6) is 0.877. The van der Waals surface area contributed by atoms with Gasteiger partial charge in [-0.05, 0) is 52.1 Å². The van der Waals surface area contributed by atoms with E-state index >= 15 is 0 Å². The van der Waals surface area contributed by atoms with Crippen molar-refractivity contribution in [3.8, 4) is 0 Å². The van der Waals surface area contributed by atoms with Gasteiger partial charge in [0.2, 0.25) is 0 Å². The van der Waals surface area contributed by atoms with Crippen LogP contribution < -0.4 is 0 Å². The van der Waals surface area contributed by atoms with Gasteiger partial charge in [-0.25, -0.2) is 0 Å². The Hall–Kier alpha value is -0.120. The lowest BCUT2D eigenvalue weighted by molar-refractivity contribution is 0.0486. The molecule has 0 aromatic rings. The van der Waals surface area contributed by atoms with Crippen molar-refractivity contribution >= 4 is 0 Å². The third-order valence-corrected chi connectivity index (χ3v) is 3.30. The molecule has 0 unspecified atom stereocenters. The van der Waals surface area contributed by atoms with Gasteiger partial charge in [0, 0.05) is 20.3 Å². The van der Waals surface area contributed by atoms with Crippen LogP contribution in [0.15, 0.2) is 0 Å². The van der Waals surface area contributed by atoms with Gasteiger partial charge in [0.25, 0.3) is 0 Å². The molecule has 1 saturated heterocycles. The van der Waals surface area contributed by atoms with E-state index in [1.807, 2.05) is 0 Å². The van der Waals surface area contributed by atoms with Crippen LogP contribution >= 0.6 is 0 Å². The average Bonchev–Trinajstić information content (AvgIpc) is 2.27. The van der Waals surface area contributed by atoms with E-state index < -0.39 is 0 Å². The number of rotatable bonds is 7. The van der Waals surface area contributed by atoms with Gasteiger partial charge in [-0.3, -0.25) is 0 Å². The summed E-state index contributed by atoms with van der Waals surface area (Å²) in [5.41, 5.74) is 0. The number of piperidine rings is 1. The molecular weight excluding hydrogens is 202 g/mol. The first-order valence-corrected chi connectivity index (χ1v) is 6.55. The summed E-state index contributed by atoms with van der Waals surface area (Å²) < 4.78 is 10.7. The molecule has 0 aromatic carbocycles. The first kappa shape index (κ1) is 13.9. The van der Waals surface area contributed by atoms with Crippen LogP contribution in [0.1, 0.15) is 33.1 Å². The van der Waals surface area contributed by atoms with Gasteiger partial charge < -0.3 is 14.4 Å². The minimum Gasteiger partial charge on any atom is -0.385 e. The standard InChI is InChI=1S/C13H27NO2/c1-12(2)16-11-9-14-7-4-13(5-8-14)6-10-15-3/h12-13H,4-11H2,1-3H3. The van der Waals surface area contributed by atoms with Gasteiger partial charge >= 0.3 is 0 Å². The third kappa shape index (κ3) is 5.83. The van der Waals surface area contributed by atoms with Gasteiger partial charge in [0.05, 0.1) is 12.7 Å². The quantitative estimate of drug-likeness (QED) is 0.668. The van der Waals surface area contributed by atoms with Crippen LogP contribution in [-0.2, 0) is 9.47 Å². The second-order valence-corrected chi connectivity index (χ2v) is 4.99. The van der Waals surface area contributed by atoms with E-state index in [0.29, 0.717) is 6.10 Å². The minimum absolute atomic E-state index is 0.360. The van der Waals surface area contributed by atoms with Crippen molar-refractivity contribution < 1.29 is 9.47 Å². The van der Waals surface area contributed by atoms with Gasteiger partial charge in [-0.1, -0.05) is 0 Å². The van der Waals surface area contributed by atoms with Crippen LogP contribution in [0.5, 0.6) is 0 Å². The Morgan fingerprint density at radius 2 is 1.88 bits per heavy atom. The first-order valence-electron chi connectivity index (χ1n) is 6.55. The fourth-order valence-corrected chi connectivity index (χ4v) is 2.20. The highest BCUT2D eigenvalue weighted by molar-refractivity contribution is 4.72. The summed E-state index contributed by atoms with van der Waals surface area (Å²) in [5, 5.41) is 0. The maximum atomic E-state index is 5.57. The molecule has 0 saturated carbocycles. The van der Waals surface area contributed by atoms with Crippen LogP contribution in [0, 0.1) is 5.92 Å². The molecule has 0 radical (unpaired) electrons. The number of hydrogen-bond donors (Lipinski definition) is 0. The van der Waals surface area contributed by atoms with Crippen molar-refractivity contribution in [1.29, 1.82) is 0 Å². The maximum Gasteiger partial charge on any atom is 0.0596 e. The summed E-state index contributed by atoms with van der Waals surface area (Å²) in [6, 6.07) is 0. The molecule has 3 nitrogen and oxygen atoms in total. The smallest absolute Gasteiger partial charge is 0.0596 e. The largest absolute Gasteiger partial charge is 0.385 e. The number of methoxy groups -OCH3 is 1. The number of ether oxygens (including phenoxy) is 2. The molecule has 0 amide bonds. The second kappa shape index (κ2) is 8.04. The monoisotopic (exact) mass is 229 g/mol. The predicted molar refractivity (Wildman–Crippen MR) is 66.7 cm³/mol. The van der Waals surface area contributed by atoms with Gasteiger partial charge in [0.15, 0.2) is 0 Å². The maximum absolute atomic E-state index is 5.57. The summed E-state index contributed by atoms with van der Waals surface area (Å²) in [6.45, 7) is 9.54. The zero-order valence-corrected chi connectivity index (χ0v) is 11.1. The lowest BCUT2D eigenvalue weighted by Gasteiger charge is -2.31. The van der Waals surface area contributed by atoms with Crippen LogP contribution in [0.4, 0.5) is 0 Å². The Morgan fingerprint density at radius 3 is 2.44 bits per heavy atom. The summed E-state index contributed by atoms with van der Waals surface area (Å²) in [4.78, 5) is 2.52. The van der Waals surface area contributed by atoms with Gasteiger partial charge in [-0.15, -0.1) is 0 Å². The Balaban J connectivity index is 2.03. The molecule has 0 spiro atoms. The topological polar surface area (TPSA) is 21.7 Å². The number of likely N-dealkylation sites (tertiary alicyclic amines) is 1. The van der Waals surface area contributed by atoms with E-state index in [1.165, 1.54) is 32.4 Å². The third-order valence-electron chi connectivity index (χ3n) is 3.30. The molecule has 0 atom stereocenters. The normalized spacial score (nSPS) is 19.5. The molecule has 0 N–H and O–H groups in total. The van der Waals surface area contributed by atoms with Gasteiger partial charge in [-0.2, -0.15) is 0 Å². The Bertz CT molecular complexity index is 165. The molecule has 0 aliphatic carbocycles.